The normalized spacial score (nSPS) is 18.8. The summed E-state index contributed by atoms with van der Waals surface area (Å²) in [6.07, 6.45) is 0. The van der Waals surface area contributed by atoms with Crippen LogP contribution in [0.25, 0.3) is 47.7 Å². The second kappa shape index (κ2) is 11.7. The van der Waals surface area contributed by atoms with Gasteiger partial charge in [0.1, 0.15) is 0 Å². The standard InChI is InChI=1S/C47H33ClN4S/c1-47(2,3)30-22-24-31(25-23-30)50(40-20-11-15-35-33-13-5-9-21-43(33)53-46(35)40)41-26-29(28-49)27-42(44(41)48)51-37-17-7-8-18-38(37)52-36-16-6-4-12-32(36)34-14-10-19-39(51)45(34)52/h4-27H,1-3H3/i4D,5D,6D,7D,8D,9D,10D,11D,12D,13D,14D,15D,16D,17D,18D,19D,20D,21D,22D,23D,24D,25D,26D,27D. The van der Waals surface area contributed by atoms with Gasteiger partial charge < -0.3 is 14.4 Å². The van der Waals surface area contributed by atoms with Crippen LogP contribution >= 0.6 is 22.9 Å². The topological polar surface area (TPSA) is 35.2 Å². The van der Waals surface area contributed by atoms with Crippen molar-refractivity contribution >= 4 is 99.0 Å². The van der Waals surface area contributed by atoms with Crippen molar-refractivity contribution < 1.29 is 32.9 Å². The van der Waals surface area contributed by atoms with Gasteiger partial charge in [-0.05, 0) is 71.4 Å². The molecule has 0 unspecified atom stereocenters. The fourth-order valence-electron chi connectivity index (χ4n) is 6.35. The van der Waals surface area contributed by atoms with Crippen LogP contribution in [0.2, 0.25) is 5.02 Å². The molecule has 3 heterocycles. The van der Waals surface area contributed by atoms with Crippen molar-refractivity contribution in [3.63, 3.8) is 0 Å². The number of hydrogen-bond acceptors (Lipinski definition) is 4. The predicted octanol–water partition coefficient (Wildman–Crippen LogP) is 14.2. The van der Waals surface area contributed by atoms with E-state index in [-0.39, 0.29) is 25.7 Å². The molecule has 9 aromatic rings. The molecule has 0 radical (unpaired) electrons. The third-order valence-electron chi connectivity index (χ3n) is 8.70. The third kappa shape index (κ3) is 4.73. The Kier molecular flexibility index (Phi) is 3.43. The highest BCUT2D eigenvalue weighted by Gasteiger charge is 2.32. The minimum Gasteiger partial charge on any atom is -0.307 e. The molecule has 254 valence electrons. The van der Waals surface area contributed by atoms with E-state index in [0.717, 1.165) is 9.47 Å². The molecule has 1 aliphatic heterocycles. The first-order valence-corrected chi connectivity index (χ1v) is 17.0. The molecule has 0 aliphatic carbocycles. The van der Waals surface area contributed by atoms with Crippen molar-refractivity contribution in [1.29, 1.82) is 5.26 Å². The SMILES string of the molecule is [2H]c1c([2H])c([2H])c2c(c1[2H])N(c1c([2H])c(C#N)c([2H])c(N(c3c([2H])c([2H])c(C(C)(C)C)c([2H])c3[2H])c3c([2H])c([2H])c([2H])c4c3sc3c([2H])c([2H])c([2H])c([2H])c34)c1Cl)c1c([2H])c([2H])c([2H])c3c4c([2H])c([2H])c([2H])c([2H])c4n-2c13. The summed E-state index contributed by atoms with van der Waals surface area (Å²) in [5.41, 5.74) is -8.20. The molecule has 0 amide bonds. The predicted molar refractivity (Wildman–Crippen MR) is 225 cm³/mol. The fourth-order valence-corrected chi connectivity index (χ4v) is 7.67. The van der Waals surface area contributed by atoms with E-state index in [9.17, 15) is 21.7 Å². The van der Waals surface area contributed by atoms with E-state index < -0.39 is 223 Å². The summed E-state index contributed by atoms with van der Waals surface area (Å²) in [6, 6.07) is -18.0. The Hall–Kier alpha value is -6.06. The fraction of sp³-hybridized carbons (Fsp3) is 0.0851. The quantitative estimate of drug-likeness (QED) is 0.180. The van der Waals surface area contributed by atoms with E-state index >= 15 is 0 Å². The molecule has 10 rings (SSSR count). The summed E-state index contributed by atoms with van der Waals surface area (Å²) in [4.78, 5) is 1.49. The first kappa shape index (κ1) is 15.5. The molecule has 53 heavy (non-hydrogen) atoms. The molecule has 0 saturated carbocycles. The van der Waals surface area contributed by atoms with Crippen LogP contribution in [-0.2, 0) is 5.41 Å². The lowest BCUT2D eigenvalue weighted by Gasteiger charge is -2.35. The number of para-hydroxylation sites is 4. The summed E-state index contributed by atoms with van der Waals surface area (Å²) in [5, 5.41) is 8.65. The lowest BCUT2D eigenvalue weighted by molar-refractivity contribution is 0.590. The molecule has 4 nitrogen and oxygen atoms in total. The van der Waals surface area contributed by atoms with Gasteiger partial charge in [0.25, 0.3) is 0 Å². The lowest BCUT2D eigenvalue weighted by Crippen LogP contribution is -2.20. The maximum absolute atomic E-state index is 11.1. The van der Waals surface area contributed by atoms with Crippen molar-refractivity contribution in [2.45, 2.75) is 26.2 Å². The number of benzene rings is 7. The second-order valence-electron chi connectivity index (χ2n) is 12.8. The first-order valence-electron chi connectivity index (χ1n) is 27.8. The highest BCUT2D eigenvalue weighted by molar-refractivity contribution is 7.26. The van der Waals surface area contributed by atoms with Gasteiger partial charge in [-0.2, -0.15) is 5.26 Å². The Bertz CT molecular complexity index is 4340. The van der Waals surface area contributed by atoms with E-state index in [1.54, 1.807) is 26.8 Å². The van der Waals surface area contributed by atoms with Crippen LogP contribution in [0.1, 0.15) is 64.8 Å². The zero-order valence-electron chi connectivity index (χ0n) is 51.6. The molecule has 1 aliphatic rings. The van der Waals surface area contributed by atoms with E-state index in [1.807, 2.05) is 0 Å². The maximum atomic E-state index is 11.1. The number of fused-ring (bicyclic) bond motifs is 8. The molecule has 0 N–H and O–H groups in total. The molecule has 0 spiro atoms. The van der Waals surface area contributed by atoms with E-state index in [1.165, 1.54) is 0 Å². The van der Waals surface area contributed by atoms with Crippen molar-refractivity contribution in [2.24, 2.45) is 0 Å². The van der Waals surface area contributed by atoms with Crippen molar-refractivity contribution in [3.8, 4) is 11.8 Å². The highest BCUT2D eigenvalue weighted by atomic mass is 35.5. The first-order chi connectivity index (χ1) is 35.8. The molecule has 0 bridgehead atoms. The van der Waals surface area contributed by atoms with Crippen LogP contribution < -0.4 is 9.80 Å². The zero-order chi connectivity index (χ0) is 56.9. The largest absolute Gasteiger partial charge is 0.307 e. The molecule has 7 aromatic carbocycles. The molecular weight excluding hydrogens is 688 g/mol. The number of thiophene rings is 1. The number of halogens is 1. The van der Waals surface area contributed by atoms with Gasteiger partial charge >= 0.3 is 0 Å². The van der Waals surface area contributed by atoms with Gasteiger partial charge in [-0.3, -0.25) is 0 Å². The summed E-state index contributed by atoms with van der Waals surface area (Å²) in [6.45, 7) is 4.82. The van der Waals surface area contributed by atoms with Crippen LogP contribution in [0, 0.1) is 11.3 Å². The van der Waals surface area contributed by atoms with Gasteiger partial charge in [-0.15, -0.1) is 11.3 Å². The van der Waals surface area contributed by atoms with E-state index in [4.69, 9.17) is 28.1 Å². The van der Waals surface area contributed by atoms with Crippen molar-refractivity contribution in [3.05, 3.63) is 161 Å². The highest BCUT2D eigenvalue weighted by Crippen LogP contribution is 2.54. The van der Waals surface area contributed by atoms with E-state index in [0.29, 0.717) is 16.2 Å². The number of rotatable bonds is 4. The number of anilines is 6. The average molecular weight is 745 g/mol. The number of hydrogen-bond donors (Lipinski definition) is 0. The molecule has 2 aromatic heterocycles. The average Bonchev–Trinajstić information content (AvgIpc) is 4.16. The van der Waals surface area contributed by atoms with Crippen LogP contribution in [0.3, 0.4) is 0 Å². The van der Waals surface area contributed by atoms with Crippen molar-refractivity contribution in [1.82, 2.24) is 4.57 Å². The lowest BCUT2D eigenvalue weighted by atomic mass is 9.87. The zero-order valence-corrected chi connectivity index (χ0v) is 29.1. The maximum Gasteiger partial charge on any atom is 0.0993 e. The Morgan fingerprint density at radius 3 is 2.11 bits per heavy atom. The Balaban J connectivity index is 1.50. The molecular formula is C47H33ClN4S. The van der Waals surface area contributed by atoms with Gasteiger partial charge in [0.2, 0.25) is 0 Å². The molecule has 0 saturated heterocycles. The summed E-state index contributed by atoms with van der Waals surface area (Å²) in [5.74, 6) is 0. The molecule has 0 atom stereocenters. The molecule has 0 fully saturated rings. The Morgan fingerprint density at radius 2 is 1.32 bits per heavy atom. The Morgan fingerprint density at radius 1 is 0.660 bits per heavy atom. The smallest absolute Gasteiger partial charge is 0.0993 e. The van der Waals surface area contributed by atoms with Crippen molar-refractivity contribution in [2.75, 3.05) is 9.80 Å². The minimum atomic E-state index is -1.09. The van der Waals surface area contributed by atoms with Gasteiger partial charge in [0.05, 0.1) is 99.4 Å². The number of nitriles is 1. The van der Waals surface area contributed by atoms with Crippen LogP contribution in [-0.4, -0.2) is 4.57 Å². The minimum absolute atomic E-state index is 0.120. The summed E-state index contributed by atoms with van der Waals surface area (Å²) < 4.78 is 221. The van der Waals surface area contributed by atoms with Gasteiger partial charge in [-0.25, -0.2) is 0 Å². The summed E-state index contributed by atoms with van der Waals surface area (Å²) >= 11 is 8.21. The van der Waals surface area contributed by atoms with Gasteiger partial charge in [0, 0.05) is 31.9 Å². The van der Waals surface area contributed by atoms with Crippen LogP contribution in [0.4, 0.5) is 34.1 Å². The van der Waals surface area contributed by atoms with Gasteiger partial charge in [-0.1, -0.05) is 117 Å². The monoisotopic (exact) mass is 744 g/mol. The van der Waals surface area contributed by atoms with Crippen LogP contribution in [0.5, 0.6) is 0 Å². The Labute approximate surface area is 350 Å². The summed E-state index contributed by atoms with van der Waals surface area (Å²) in [7, 11) is 0. The number of nitrogens with zero attached hydrogens (tertiary/aromatic N) is 4. The van der Waals surface area contributed by atoms with Crippen LogP contribution in [0.15, 0.2) is 145 Å². The number of aromatic nitrogens is 1. The second-order valence-corrected chi connectivity index (χ2v) is 14.2. The van der Waals surface area contributed by atoms with Gasteiger partial charge in [0.15, 0.2) is 0 Å². The van der Waals surface area contributed by atoms with E-state index in [2.05, 4.69) is 0 Å². The third-order valence-corrected chi connectivity index (χ3v) is 10.2. The molecule has 6 heteroatoms.